The number of hydrogen-bond donors (Lipinski definition) is 2. The Bertz CT molecular complexity index is 1080. The van der Waals surface area contributed by atoms with Gasteiger partial charge in [0.2, 0.25) is 17.7 Å². The highest BCUT2D eigenvalue weighted by atomic mass is 16.4. The van der Waals surface area contributed by atoms with Gasteiger partial charge in [0.1, 0.15) is 12.1 Å². The molecular formula is C24H36N8O4. The molecule has 0 spiro atoms. The molecule has 2 N–H and O–H groups in total. The van der Waals surface area contributed by atoms with Crippen LogP contribution in [0.3, 0.4) is 0 Å². The summed E-state index contributed by atoms with van der Waals surface area (Å²) in [6, 6.07) is -0.979. The van der Waals surface area contributed by atoms with Crippen LogP contribution in [0.25, 0.3) is 0 Å². The zero-order chi connectivity index (χ0) is 25.4. The van der Waals surface area contributed by atoms with Crippen LogP contribution < -0.4 is 10.2 Å². The second kappa shape index (κ2) is 9.79. The van der Waals surface area contributed by atoms with E-state index >= 15 is 0 Å². The molecule has 2 aliphatic heterocycles. The summed E-state index contributed by atoms with van der Waals surface area (Å²) in [4.78, 5) is 30.5. The first-order chi connectivity index (χ1) is 17.2. The zero-order valence-corrected chi connectivity index (χ0v) is 21.3. The fourth-order valence-corrected chi connectivity index (χ4v) is 5.14. The van der Waals surface area contributed by atoms with Gasteiger partial charge in [-0.05, 0) is 37.5 Å². The lowest BCUT2D eigenvalue weighted by Gasteiger charge is -2.34. The topological polar surface area (TPSA) is 143 Å². The third-order valence-electron chi connectivity index (χ3n) is 7.20. The third-order valence-corrected chi connectivity index (χ3v) is 7.20. The number of anilines is 1. The van der Waals surface area contributed by atoms with E-state index in [2.05, 4.69) is 30.7 Å². The Morgan fingerprint density at radius 1 is 1.17 bits per heavy atom. The molecule has 2 unspecified atom stereocenters. The van der Waals surface area contributed by atoms with E-state index in [0.717, 1.165) is 44.5 Å². The maximum Gasteiger partial charge on any atom is 0.318 e. The molecule has 12 heteroatoms. The molecule has 3 aliphatic rings. The van der Waals surface area contributed by atoms with Gasteiger partial charge in [-0.1, -0.05) is 31.1 Å². The molecule has 3 atom stereocenters. The van der Waals surface area contributed by atoms with Gasteiger partial charge in [0.25, 0.3) is 0 Å². The summed E-state index contributed by atoms with van der Waals surface area (Å²) in [5.74, 6) is 0.115. The second-order valence-corrected chi connectivity index (χ2v) is 11.3. The number of aliphatic hydroxyl groups is 1. The normalized spacial score (nSPS) is 23.7. The van der Waals surface area contributed by atoms with Crippen LogP contribution in [0.15, 0.2) is 10.6 Å². The van der Waals surface area contributed by atoms with Gasteiger partial charge in [-0.25, -0.2) is 4.68 Å². The van der Waals surface area contributed by atoms with E-state index in [1.807, 2.05) is 27.0 Å². The summed E-state index contributed by atoms with van der Waals surface area (Å²) in [5.41, 5.74) is 0.422. The minimum absolute atomic E-state index is 0.0603. The average molecular weight is 501 g/mol. The molecule has 3 fully saturated rings. The van der Waals surface area contributed by atoms with Crippen molar-refractivity contribution in [1.29, 1.82) is 0 Å². The highest BCUT2D eigenvalue weighted by Gasteiger charge is 2.45. The van der Waals surface area contributed by atoms with E-state index in [1.54, 1.807) is 4.68 Å². The van der Waals surface area contributed by atoms with Crippen LogP contribution in [-0.2, 0) is 16.1 Å². The molecule has 196 valence electrons. The average Bonchev–Trinajstić information content (AvgIpc) is 3.22. The number of likely N-dealkylation sites (tertiary alicyclic amines) is 1. The molecule has 12 nitrogen and oxygen atoms in total. The van der Waals surface area contributed by atoms with Crippen LogP contribution in [0.1, 0.15) is 82.8 Å². The van der Waals surface area contributed by atoms with E-state index in [9.17, 15) is 14.7 Å². The van der Waals surface area contributed by atoms with Gasteiger partial charge in [0, 0.05) is 38.2 Å². The number of β-amino-alcohol motifs (C(OH)–C–C–N with tert-alkyl or cyclic N) is 1. The predicted molar refractivity (Wildman–Crippen MR) is 129 cm³/mol. The Balaban J connectivity index is 1.26. The number of hydrogen-bond acceptors (Lipinski definition) is 9. The summed E-state index contributed by atoms with van der Waals surface area (Å²) >= 11 is 0. The van der Waals surface area contributed by atoms with Gasteiger partial charge in [-0.2, -0.15) is 0 Å². The van der Waals surface area contributed by atoms with Crippen LogP contribution in [0, 0.1) is 5.41 Å². The van der Waals surface area contributed by atoms with Gasteiger partial charge >= 0.3 is 6.01 Å². The maximum absolute atomic E-state index is 13.8. The quantitative estimate of drug-likeness (QED) is 0.576. The van der Waals surface area contributed by atoms with E-state index in [1.165, 1.54) is 11.3 Å². The minimum Gasteiger partial charge on any atom is -0.406 e. The second-order valence-electron chi connectivity index (χ2n) is 11.3. The fourth-order valence-electron chi connectivity index (χ4n) is 5.14. The van der Waals surface area contributed by atoms with Crippen LogP contribution >= 0.6 is 0 Å². The van der Waals surface area contributed by atoms with Crippen LogP contribution in [0.4, 0.5) is 6.01 Å². The summed E-state index contributed by atoms with van der Waals surface area (Å²) in [6.45, 7) is 7.81. The van der Waals surface area contributed by atoms with Crippen molar-refractivity contribution in [1.82, 2.24) is 35.4 Å². The molecule has 0 bridgehead atoms. The third kappa shape index (κ3) is 5.23. The van der Waals surface area contributed by atoms with E-state index in [-0.39, 0.29) is 31.3 Å². The maximum atomic E-state index is 13.8. The number of rotatable bonds is 7. The van der Waals surface area contributed by atoms with Crippen molar-refractivity contribution in [3.63, 3.8) is 0 Å². The smallest absolute Gasteiger partial charge is 0.318 e. The highest BCUT2D eigenvalue weighted by molar-refractivity contribution is 5.90. The lowest BCUT2D eigenvalue weighted by molar-refractivity contribution is -0.144. The Hall–Kier alpha value is -3.02. The van der Waals surface area contributed by atoms with Crippen molar-refractivity contribution in [3.05, 3.63) is 17.8 Å². The summed E-state index contributed by atoms with van der Waals surface area (Å²) in [7, 11) is 0. The van der Waals surface area contributed by atoms with Gasteiger partial charge in [0.15, 0.2) is 0 Å². The summed E-state index contributed by atoms with van der Waals surface area (Å²) in [6.07, 6.45) is 6.80. The largest absolute Gasteiger partial charge is 0.406 e. The molecule has 1 saturated carbocycles. The number of aromatic nitrogens is 5. The van der Waals surface area contributed by atoms with Crippen molar-refractivity contribution in [2.45, 2.75) is 89.9 Å². The first-order valence-corrected chi connectivity index (χ1v) is 13.0. The summed E-state index contributed by atoms with van der Waals surface area (Å²) < 4.78 is 7.36. The number of carbonyl (C=O) groups excluding carboxylic acids is 2. The number of nitrogens with zero attached hydrogens (tertiary/aromatic N) is 7. The van der Waals surface area contributed by atoms with E-state index < -0.39 is 23.6 Å². The molecule has 0 aromatic carbocycles. The van der Waals surface area contributed by atoms with Gasteiger partial charge in [-0.3, -0.25) is 9.59 Å². The SMILES string of the molecule is CC(C)(C)[C@@H](C(=O)N1CC(O)CC1C(=O)NCc1nnc(N2CCCCC2)o1)n1cc(C2CC2)nn1. The number of amides is 2. The first kappa shape index (κ1) is 24.7. The van der Waals surface area contributed by atoms with Crippen LogP contribution in [0.2, 0.25) is 0 Å². The van der Waals surface area contributed by atoms with E-state index in [4.69, 9.17) is 4.42 Å². The molecule has 5 rings (SSSR count). The minimum atomic E-state index is -0.798. The number of carbonyl (C=O) groups is 2. The van der Waals surface area contributed by atoms with Crippen molar-refractivity contribution < 1.29 is 19.1 Å². The zero-order valence-electron chi connectivity index (χ0n) is 21.3. The predicted octanol–water partition coefficient (Wildman–Crippen LogP) is 1.39. The van der Waals surface area contributed by atoms with Gasteiger partial charge < -0.3 is 24.6 Å². The number of aliphatic hydroxyl groups excluding tert-OH is 1. The highest BCUT2D eigenvalue weighted by Crippen LogP contribution is 2.40. The molecule has 2 aromatic heterocycles. The molecule has 2 aromatic rings. The number of piperidine rings is 1. The summed E-state index contributed by atoms with van der Waals surface area (Å²) in [5, 5.41) is 29.9. The molecule has 0 radical (unpaired) electrons. The van der Waals surface area contributed by atoms with Crippen molar-refractivity contribution >= 4 is 17.8 Å². The van der Waals surface area contributed by atoms with Crippen molar-refractivity contribution in [3.8, 4) is 0 Å². The molecule has 4 heterocycles. The van der Waals surface area contributed by atoms with Crippen molar-refractivity contribution in [2.24, 2.45) is 5.41 Å². The van der Waals surface area contributed by atoms with Crippen LogP contribution in [-0.4, -0.2) is 78.8 Å². The molecule has 2 saturated heterocycles. The Labute approximate surface area is 210 Å². The van der Waals surface area contributed by atoms with Gasteiger partial charge in [-0.15, -0.1) is 10.2 Å². The molecule has 36 heavy (non-hydrogen) atoms. The lowest BCUT2D eigenvalue weighted by atomic mass is 9.85. The Morgan fingerprint density at radius 3 is 2.61 bits per heavy atom. The molecule has 1 aliphatic carbocycles. The lowest BCUT2D eigenvalue weighted by Crippen LogP contribution is -2.50. The van der Waals surface area contributed by atoms with E-state index in [0.29, 0.717) is 17.8 Å². The standard InChI is InChI=1S/C24H36N8O4/c1-24(2,3)20(32-14-17(26-29-32)15-7-8-15)22(35)31-13-16(33)11-18(31)21(34)25-12-19-27-28-23(36-19)30-9-5-4-6-10-30/h14-16,18,20,33H,4-13H2,1-3H3,(H,25,34)/t16?,18?,20-/m1/s1. The Morgan fingerprint density at radius 2 is 1.92 bits per heavy atom. The fraction of sp³-hybridized carbons (Fsp3) is 0.750. The number of nitrogens with one attached hydrogen (secondary N) is 1. The van der Waals surface area contributed by atoms with Crippen LogP contribution in [0.5, 0.6) is 0 Å². The first-order valence-electron chi connectivity index (χ1n) is 13.0. The molecule has 2 amide bonds. The Kier molecular flexibility index (Phi) is 6.71. The molecular weight excluding hydrogens is 464 g/mol. The van der Waals surface area contributed by atoms with Crippen molar-refractivity contribution in [2.75, 3.05) is 24.5 Å². The monoisotopic (exact) mass is 500 g/mol. The van der Waals surface area contributed by atoms with Gasteiger partial charge in [0.05, 0.1) is 18.3 Å².